The van der Waals surface area contributed by atoms with E-state index in [2.05, 4.69) is 15.3 Å². The highest BCUT2D eigenvalue weighted by Gasteiger charge is 2.35. The van der Waals surface area contributed by atoms with Crippen molar-refractivity contribution in [3.8, 4) is 5.69 Å². The highest BCUT2D eigenvalue weighted by molar-refractivity contribution is 5.97. The van der Waals surface area contributed by atoms with Crippen molar-refractivity contribution in [2.75, 3.05) is 18.4 Å². The number of carbonyl (C=O) groups excluding carboxylic acids is 2. The molecule has 5 rings (SSSR count). The number of piperidine rings is 1. The standard InChI is InChI=1S/C25H27F2N5O2/c26-25(27)7-10-31(11-8-25)24(34)19-12-18-6-9-32(22(18)29-14-19)21-13-20(15-28-16-21)30-23(33)17-4-2-1-3-5-17/h6,9,12-17H,1-5,7-8,10-11H2,(H,30,33). The second kappa shape index (κ2) is 9.12. The molecule has 7 nitrogen and oxygen atoms in total. The van der Waals surface area contributed by atoms with Crippen LogP contribution in [0.3, 0.4) is 0 Å². The summed E-state index contributed by atoms with van der Waals surface area (Å²) in [6.45, 7) is 0.0752. The molecule has 0 spiro atoms. The number of fused-ring (bicyclic) bond motifs is 1. The van der Waals surface area contributed by atoms with Gasteiger partial charge in [0.2, 0.25) is 5.91 Å². The average molecular weight is 468 g/mol. The van der Waals surface area contributed by atoms with E-state index >= 15 is 0 Å². The molecule has 1 aliphatic heterocycles. The van der Waals surface area contributed by atoms with E-state index in [1.54, 1.807) is 18.5 Å². The van der Waals surface area contributed by atoms with Crippen molar-refractivity contribution in [1.82, 2.24) is 19.4 Å². The van der Waals surface area contributed by atoms with Crippen LogP contribution < -0.4 is 5.32 Å². The van der Waals surface area contributed by atoms with Gasteiger partial charge in [0.1, 0.15) is 5.65 Å². The summed E-state index contributed by atoms with van der Waals surface area (Å²) in [4.78, 5) is 35.6. The highest BCUT2D eigenvalue weighted by atomic mass is 19.3. The van der Waals surface area contributed by atoms with Gasteiger partial charge in [-0.15, -0.1) is 0 Å². The lowest BCUT2D eigenvalue weighted by Crippen LogP contribution is -2.42. The zero-order valence-electron chi connectivity index (χ0n) is 18.8. The Balaban J connectivity index is 1.33. The summed E-state index contributed by atoms with van der Waals surface area (Å²) < 4.78 is 28.7. The molecule has 4 heterocycles. The van der Waals surface area contributed by atoms with Crippen molar-refractivity contribution < 1.29 is 18.4 Å². The van der Waals surface area contributed by atoms with Crippen molar-refractivity contribution in [2.24, 2.45) is 5.92 Å². The first-order chi connectivity index (χ1) is 16.4. The van der Waals surface area contributed by atoms with Crippen LogP contribution in [0.4, 0.5) is 14.5 Å². The molecule has 3 aromatic rings. The fraction of sp³-hybridized carbons (Fsp3) is 0.440. The van der Waals surface area contributed by atoms with Crippen LogP contribution in [0.5, 0.6) is 0 Å². The Morgan fingerprint density at radius 2 is 1.79 bits per heavy atom. The van der Waals surface area contributed by atoms with Crippen LogP contribution in [0.1, 0.15) is 55.3 Å². The number of aromatic nitrogens is 3. The van der Waals surface area contributed by atoms with E-state index in [-0.39, 0.29) is 43.7 Å². The third kappa shape index (κ3) is 4.64. The Bertz CT molecular complexity index is 1210. The first-order valence-electron chi connectivity index (χ1n) is 11.8. The summed E-state index contributed by atoms with van der Waals surface area (Å²) in [7, 11) is 0. The minimum Gasteiger partial charge on any atom is -0.338 e. The van der Waals surface area contributed by atoms with Gasteiger partial charge in [-0.1, -0.05) is 19.3 Å². The summed E-state index contributed by atoms with van der Waals surface area (Å²) in [6.07, 6.45) is 11.2. The maximum Gasteiger partial charge on any atom is 0.255 e. The lowest BCUT2D eigenvalue weighted by molar-refractivity contribution is -0.120. The van der Waals surface area contributed by atoms with Gasteiger partial charge in [0.25, 0.3) is 11.8 Å². The lowest BCUT2D eigenvalue weighted by Gasteiger charge is -2.31. The molecule has 2 fully saturated rings. The van der Waals surface area contributed by atoms with E-state index in [4.69, 9.17) is 0 Å². The topological polar surface area (TPSA) is 80.1 Å². The number of likely N-dealkylation sites (tertiary alicyclic amines) is 1. The monoisotopic (exact) mass is 467 g/mol. The minimum atomic E-state index is -2.70. The molecule has 9 heteroatoms. The van der Waals surface area contributed by atoms with E-state index in [1.807, 2.05) is 22.9 Å². The smallest absolute Gasteiger partial charge is 0.255 e. The van der Waals surface area contributed by atoms with Gasteiger partial charge in [0.05, 0.1) is 29.3 Å². The number of nitrogens with zero attached hydrogens (tertiary/aromatic N) is 4. The zero-order valence-corrected chi connectivity index (χ0v) is 18.8. The highest BCUT2D eigenvalue weighted by Crippen LogP contribution is 2.29. The maximum absolute atomic E-state index is 13.4. The van der Waals surface area contributed by atoms with Gasteiger partial charge in [-0.3, -0.25) is 19.1 Å². The zero-order chi connectivity index (χ0) is 23.7. The third-order valence-electron chi connectivity index (χ3n) is 6.80. The summed E-state index contributed by atoms with van der Waals surface area (Å²) >= 11 is 0. The van der Waals surface area contributed by atoms with Gasteiger partial charge in [0, 0.05) is 49.6 Å². The number of alkyl halides is 2. The predicted molar refractivity (Wildman–Crippen MR) is 124 cm³/mol. The molecule has 1 aliphatic carbocycles. The molecule has 0 atom stereocenters. The number of halogens is 2. The average Bonchev–Trinajstić information content (AvgIpc) is 3.28. The number of pyridine rings is 2. The number of carbonyl (C=O) groups is 2. The Hall–Kier alpha value is -3.36. The van der Waals surface area contributed by atoms with Crippen LogP contribution in [0.25, 0.3) is 16.7 Å². The summed E-state index contributed by atoms with van der Waals surface area (Å²) in [5.74, 6) is -2.90. The minimum absolute atomic E-state index is 0.0350. The van der Waals surface area contributed by atoms with Gasteiger partial charge in [-0.05, 0) is 31.0 Å². The van der Waals surface area contributed by atoms with Crippen molar-refractivity contribution >= 4 is 28.5 Å². The molecule has 34 heavy (non-hydrogen) atoms. The first kappa shape index (κ1) is 22.4. The quantitative estimate of drug-likeness (QED) is 0.597. The number of amides is 2. The van der Waals surface area contributed by atoms with Gasteiger partial charge in [-0.25, -0.2) is 13.8 Å². The molecule has 1 saturated heterocycles. The molecule has 2 amide bonds. The normalized spacial score (nSPS) is 18.7. The summed E-state index contributed by atoms with van der Waals surface area (Å²) in [5.41, 5.74) is 2.38. The van der Waals surface area contributed by atoms with Gasteiger partial charge >= 0.3 is 0 Å². The number of nitrogens with one attached hydrogen (secondary N) is 1. The lowest BCUT2D eigenvalue weighted by atomic mass is 9.88. The van der Waals surface area contributed by atoms with Crippen LogP contribution in [0.15, 0.2) is 43.0 Å². The van der Waals surface area contributed by atoms with Gasteiger partial charge in [-0.2, -0.15) is 0 Å². The third-order valence-corrected chi connectivity index (χ3v) is 6.80. The van der Waals surface area contributed by atoms with E-state index in [9.17, 15) is 18.4 Å². The Labute approximate surface area is 196 Å². The maximum atomic E-state index is 13.4. The Morgan fingerprint density at radius 1 is 1.03 bits per heavy atom. The molecule has 0 unspecified atom stereocenters. The van der Waals surface area contributed by atoms with Crippen molar-refractivity contribution in [3.05, 3.63) is 48.5 Å². The van der Waals surface area contributed by atoms with E-state index < -0.39 is 5.92 Å². The van der Waals surface area contributed by atoms with Crippen LogP contribution in [-0.2, 0) is 4.79 Å². The fourth-order valence-electron chi connectivity index (χ4n) is 4.81. The fourth-order valence-corrected chi connectivity index (χ4v) is 4.81. The molecular formula is C25H27F2N5O2. The van der Waals surface area contributed by atoms with E-state index in [1.165, 1.54) is 17.5 Å². The molecule has 0 bridgehead atoms. The Kier molecular flexibility index (Phi) is 6.02. The van der Waals surface area contributed by atoms with Gasteiger partial charge < -0.3 is 10.2 Å². The second-order valence-electron chi connectivity index (χ2n) is 9.23. The number of anilines is 1. The molecule has 2 aliphatic rings. The van der Waals surface area contributed by atoms with Gasteiger partial charge in [0.15, 0.2) is 0 Å². The van der Waals surface area contributed by atoms with Crippen molar-refractivity contribution in [1.29, 1.82) is 0 Å². The van der Waals surface area contributed by atoms with Crippen LogP contribution in [0, 0.1) is 5.92 Å². The molecule has 1 saturated carbocycles. The molecule has 1 N–H and O–H groups in total. The van der Waals surface area contributed by atoms with Crippen LogP contribution in [-0.4, -0.2) is 50.3 Å². The summed E-state index contributed by atoms with van der Waals surface area (Å²) in [6, 6.07) is 5.43. The van der Waals surface area contributed by atoms with Crippen molar-refractivity contribution in [2.45, 2.75) is 50.9 Å². The largest absolute Gasteiger partial charge is 0.338 e. The van der Waals surface area contributed by atoms with Crippen LogP contribution >= 0.6 is 0 Å². The molecule has 0 aromatic carbocycles. The SMILES string of the molecule is O=C(Nc1cncc(-n2ccc3cc(C(=O)N4CCC(F)(F)CC4)cnc32)c1)C1CCCCC1. The molecule has 178 valence electrons. The molecule has 3 aromatic heterocycles. The number of rotatable bonds is 4. The number of hydrogen-bond donors (Lipinski definition) is 1. The molecule has 0 radical (unpaired) electrons. The van der Waals surface area contributed by atoms with E-state index in [0.717, 1.165) is 36.8 Å². The van der Waals surface area contributed by atoms with Crippen molar-refractivity contribution in [3.63, 3.8) is 0 Å². The Morgan fingerprint density at radius 3 is 2.56 bits per heavy atom. The predicted octanol–water partition coefficient (Wildman–Crippen LogP) is 4.81. The second-order valence-corrected chi connectivity index (χ2v) is 9.23. The molecular weight excluding hydrogens is 440 g/mol. The number of hydrogen-bond acceptors (Lipinski definition) is 4. The first-order valence-corrected chi connectivity index (χ1v) is 11.8. The summed E-state index contributed by atoms with van der Waals surface area (Å²) in [5, 5.41) is 3.74. The van der Waals surface area contributed by atoms with E-state index in [0.29, 0.717) is 16.9 Å². The van der Waals surface area contributed by atoms with Crippen LogP contribution in [0.2, 0.25) is 0 Å².